The van der Waals surface area contributed by atoms with Crippen LogP contribution in [0.5, 0.6) is 11.5 Å². The van der Waals surface area contributed by atoms with Gasteiger partial charge in [0.1, 0.15) is 47.8 Å². The fourth-order valence-electron chi connectivity index (χ4n) is 9.80. The smallest absolute Gasteiger partial charge is 0.419 e. The molecule has 20 nitrogen and oxygen atoms in total. The highest BCUT2D eigenvalue weighted by Gasteiger charge is 2.30. The molecule has 0 N–H and O–H groups in total. The average molecular weight is 1230 g/mol. The molecule has 4 aromatic heterocycles. The second-order valence-electron chi connectivity index (χ2n) is 25.6. The van der Waals surface area contributed by atoms with E-state index in [9.17, 15) is 29.7 Å². The van der Waals surface area contributed by atoms with Crippen LogP contribution in [0.4, 0.5) is 9.59 Å². The third-order valence-electron chi connectivity index (χ3n) is 14.0. The van der Waals surface area contributed by atoms with Crippen LogP contribution in [-0.2, 0) is 51.5 Å². The molecule has 88 heavy (non-hydrogen) atoms. The van der Waals surface area contributed by atoms with Crippen LogP contribution in [-0.4, -0.2) is 121 Å². The summed E-state index contributed by atoms with van der Waals surface area (Å²) in [6, 6.07) is 24.0. The zero-order valence-electron chi connectivity index (χ0n) is 53.8. The zero-order valence-corrected chi connectivity index (χ0v) is 55.8. The van der Waals surface area contributed by atoms with Crippen LogP contribution in [0.3, 0.4) is 0 Å². The summed E-state index contributed by atoms with van der Waals surface area (Å²) in [5.41, 5.74) is 6.78. The fourth-order valence-corrected chi connectivity index (χ4v) is 11.3. The van der Waals surface area contributed by atoms with E-state index in [1.165, 1.54) is 35.5 Å². The Morgan fingerprint density at radius 3 is 1.36 bits per heavy atom. The average Bonchev–Trinajstić information content (AvgIpc) is 1.67. The minimum atomic E-state index is -1.36. The SMILES string of the molecule is COC(=O)C=C(c1c(OC)cc(C)c2c1ccn2C(=O)OC(C)(C)C)c1nc2cc(C#N)ccc2n1COCC[Si](C)(C)C.COC(=O)C=C(c1c(OC)cc(C)c2c1ccn2C(=O)OC(C)(C)C)c1nc2ccc(C#N)cc2n1COCC[Si](C)(C)C. The lowest BCUT2D eigenvalue weighted by molar-refractivity contribution is -0.135. The Morgan fingerprint density at radius 1 is 0.557 bits per heavy atom. The first kappa shape index (κ1) is 66.7. The molecule has 0 spiro atoms. The molecule has 0 aliphatic rings. The molecule has 0 radical (unpaired) electrons. The van der Waals surface area contributed by atoms with Crippen LogP contribution in [0, 0.1) is 36.5 Å². The van der Waals surface area contributed by atoms with E-state index in [1.54, 1.807) is 69.1 Å². The van der Waals surface area contributed by atoms with E-state index in [1.807, 2.05) is 82.7 Å². The minimum Gasteiger partial charge on any atom is -0.496 e. The number of methoxy groups -OCH3 is 4. The number of esters is 2. The van der Waals surface area contributed by atoms with Crippen molar-refractivity contribution in [3.8, 4) is 23.6 Å². The predicted molar refractivity (Wildman–Crippen MR) is 345 cm³/mol. The van der Waals surface area contributed by atoms with Crippen LogP contribution in [0.15, 0.2) is 85.2 Å². The molecule has 8 aromatic rings. The number of aryl methyl sites for hydroxylation is 2. The van der Waals surface area contributed by atoms with Gasteiger partial charge in [0.25, 0.3) is 0 Å². The maximum atomic E-state index is 13.2. The van der Waals surface area contributed by atoms with Crippen LogP contribution < -0.4 is 9.47 Å². The van der Waals surface area contributed by atoms with Crippen molar-refractivity contribution in [1.29, 1.82) is 10.5 Å². The van der Waals surface area contributed by atoms with Crippen molar-refractivity contribution in [2.75, 3.05) is 41.7 Å². The Bertz CT molecular complexity index is 3970. The number of aromatic nitrogens is 6. The molecule has 464 valence electrons. The normalized spacial score (nSPS) is 12.4. The first-order chi connectivity index (χ1) is 41.3. The summed E-state index contributed by atoms with van der Waals surface area (Å²) < 4.78 is 52.2. The van der Waals surface area contributed by atoms with Gasteiger partial charge in [-0.1, -0.05) is 39.3 Å². The van der Waals surface area contributed by atoms with Gasteiger partial charge in [-0.25, -0.2) is 29.1 Å². The minimum absolute atomic E-state index is 0.139. The van der Waals surface area contributed by atoms with Crippen molar-refractivity contribution in [2.45, 2.75) is 131 Å². The predicted octanol–water partition coefficient (Wildman–Crippen LogP) is 13.8. The first-order valence-corrected chi connectivity index (χ1v) is 36.2. The molecule has 8 rings (SSSR count). The maximum Gasteiger partial charge on any atom is 0.419 e. The summed E-state index contributed by atoms with van der Waals surface area (Å²) >= 11 is 0. The molecule has 4 aromatic carbocycles. The van der Waals surface area contributed by atoms with Crippen LogP contribution in [0.1, 0.15) is 86.6 Å². The summed E-state index contributed by atoms with van der Waals surface area (Å²) in [5.74, 6) is 0.590. The molecule has 0 fully saturated rings. The second kappa shape index (κ2) is 27.1. The van der Waals surface area contributed by atoms with E-state index in [0.29, 0.717) is 108 Å². The van der Waals surface area contributed by atoms with Crippen LogP contribution in [0.25, 0.3) is 55.0 Å². The van der Waals surface area contributed by atoms with Gasteiger partial charge >= 0.3 is 24.1 Å². The number of nitrogens with zero attached hydrogens (tertiary/aromatic N) is 8. The molecule has 0 aliphatic carbocycles. The number of carbonyl (C=O) groups is 4. The number of rotatable bonds is 18. The highest BCUT2D eigenvalue weighted by Crippen LogP contribution is 2.43. The highest BCUT2D eigenvalue weighted by atomic mass is 28.3. The molecule has 0 aliphatic heterocycles. The van der Waals surface area contributed by atoms with E-state index in [0.717, 1.165) is 28.7 Å². The Kier molecular flexibility index (Phi) is 20.5. The number of hydrogen-bond acceptors (Lipinski definition) is 16. The fraction of sp³-hybridized carbons (Fsp3) is 0.394. The van der Waals surface area contributed by atoms with Crippen molar-refractivity contribution in [1.82, 2.24) is 28.2 Å². The van der Waals surface area contributed by atoms with Gasteiger partial charge in [-0.3, -0.25) is 18.3 Å². The number of imidazole rings is 2. The van der Waals surface area contributed by atoms with Gasteiger partial charge in [0.2, 0.25) is 0 Å². The second-order valence-corrected chi connectivity index (χ2v) is 36.9. The largest absolute Gasteiger partial charge is 0.496 e. The number of ether oxygens (including phenoxy) is 8. The van der Waals surface area contributed by atoms with E-state index in [-0.39, 0.29) is 13.5 Å². The molecule has 0 amide bonds. The van der Waals surface area contributed by atoms with E-state index in [4.69, 9.17) is 47.9 Å². The third kappa shape index (κ3) is 15.7. The Labute approximate surface area is 515 Å². The first-order valence-electron chi connectivity index (χ1n) is 28.8. The lowest BCUT2D eigenvalue weighted by atomic mass is 9.97. The zero-order chi connectivity index (χ0) is 64.8. The van der Waals surface area contributed by atoms with Gasteiger partial charge in [0.15, 0.2) is 0 Å². The molecule has 4 heterocycles. The summed E-state index contributed by atoms with van der Waals surface area (Å²) in [4.78, 5) is 62.1. The monoisotopic (exact) mass is 1230 g/mol. The molecule has 22 heteroatoms. The lowest BCUT2D eigenvalue weighted by Gasteiger charge is -2.21. The summed E-state index contributed by atoms with van der Waals surface area (Å²) in [6.07, 6.45) is 4.96. The van der Waals surface area contributed by atoms with E-state index >= 15 is 0 Å². The Balaban J connectivity index is 0.000000251. The lowest BCUT2D eigenvalue weighted by Crippen LogP contribution is -2.26. The van der Waals surface area contributed by atoms with Gasteiger partial charge in [0.05, 0.1) is 84.8 Å². The number of carbonyl (C=O) groups excluding carboxylic acids is 4. The van der Waals surface area contributed by atoms with Gasteiger partial charge in [0, 0.05) is 87.0 Å². The van der Waals surface area contributed by atoms with Gasteiger partial charge in [-0.05, 0) is 139 Å². The topological polar surface area (TPSA) is 235 Å². The Morgan fingerprint density at radius 2 is 0.966 bits per heavy atom. The number of hydrogen-bond donors (Lipinski definition) is 0. The van der Waals surface area contributed by atoms with Crippen LogP contribution >= 0.6 is 0 Å². The summed E-state index contributed by atoms with van der Waals surface area (Å²) in [5, 5.41) is 20.5. The standard InChI is InChI=1S/2C33H40N4O6Si/c1-21-16-27(40-5)29(23-12-13-36(30(21)23)32(39)43-33(2,3)4)24(18-28(38)41-6)31-35-25-17-22(19-34)10-11-26(25)37(31)20-42-14-15-44(7,8)9;1-21-16-27(40-5)29(23-12-13-36(30(21)23)32(39)43-33(2,3)4)24(18-28(38)41-6)31-35-25-11-10-22(19-34)17-26(25)37(31)20-42-14-15-44(7,8)9/h2*10-13,16-18H,14-15,20H2,1-9H3. The van der Waals surface area contributed by atoms with Crippen molar-refractivity contribution in [2.24, 2.45) is 0 Å². The van der Waals surface area contributed by atoms with Crippen molar-refractivity contribution < 1.29 is 57.1 Å². The number of fused-ring (bicyclic) bond motifs is 4. The quantitative estimate of drug-likeness (QED) is 0.0255. The van der Waals surface area contributed by atoms with Crippen molar-refractivity contribution in [3.63, 3.8) is 0 Å². The van der Waals surface area contributed by atoms with Gasteiger partial charge < -0.3 is 37.9 Å². The summed E-state index contributed by atoms with van der Waals surface area (Å²) in [7, 11) is 3.00. The van der Waals surface area contributed by atoms with Gasteiger partial charge in [-0.2, -0.15) is 10.5 Å². The number of nitriles is 2. The molecule has 0 bridgehead atoms. The van der Waals surface area contributed by atoms with Crippen molar-refractivity contribution >= 4 is 95.3 Å². The highest BCUT2D eigenvalue weighted by molar-refractivity contribution is 6.76. The van der Waals surface area contributed by atoms with E-state index in [2.05, 4.69) is 51.4 Å². The summed E-state index contributed by atoms with van der Waals surface area (Å²) in [6.45, 7) is 29.7. The molecular weight excluding hydrogens is 1150 g/mol. The van der Waals surface area contributed by atoms with Gasteiger partial charge in [-0.15, -0.1) is 0 Å². The third-order valence-corrected chi connectivity index (χ3v) is 17.4. The number of benzene rings is 4. The van der Waals surface area contributed by atoms with Crippen molar-refractivity contribution in [3.05, 3.63) is 130 Å². The molecule has 0 unspecified atom stereocenters. The molecule has 0 saturated carbocycles. The molecule has 0 atom stereocenters. The molecular formula is C66H80N8O12Si2. The maximum absolute atomic E-state index is 13.2. The van der Waals surface area contributed by atoms with Crippen LogP contribution in [0.2, 0.25) is 51.4 Å². The Hall–Kier alpha value is -8.81. The molecule has 0 saturated heterocycles. The van der Waals surface area contributed by atoms with E-state index < -0.39 is 51.5 Å².